The quantitative estimate of drug-likeness (QED) is 0.282. The zero-order valence-corrected chi connectivity index (χ0v) is 16.6. The van der Waals surface area contributed by atoms with Gasteiger partial charge in [0.1, 0.15) is 30.2 Å². The Balaban J connectivity index is 1.50. The molecular formula is C18H27N7O5. The molecule has 164 valence electrons. The van der Waals surface area contributed by atoms with Gasteiger partial charge in [0.25, 0.3) is 0 Å². The summed E-state index contributed by atoms with van der Waals surface area (Å²) in [4.78, 5) is 28.0. The first-order valence-corrected chi connectivity index (χ1v) is 10.0. The molecule has 2 fully saturated rings. The Bertz CT molecular complexity index is 885. The molecule has 3 heterocycles. The van der Waals surface area contributed by atoms with Gasteiger partial charge in [-0.1, -0.05) is 12.8 Å². The number of ether oxygens (including phenoxy) is 1. The molecule has 0 radical (unpaired) electrons. The average molecular weight is 421 g/mol. The van der Waals surface area contributed by atoms with Crippen LogP contribution in [0.1, 0.15) is 25.7 Å². The molecule has 1 aliphatic carbocycles. The van der Waals surface area contributed by atoms with Gasteiger partial charge in [-0.15, -0.1) is 0 Å². The van der Waals surface area contributed by atoms with Gasteiger partial charge in [-0.2, -0.15) is 0 Å². The number of H-pyrrole nitrogens is 1. The van der Waals surface area contributed by atoms with Crippen molar-refractivity contribution >= 4 is 22.9 Å². The number of hydrogen-bond donors (Lipinski definition) is 7. The highest BCUT2D eigenvalue weighted by atomic mass is 16.5. The highest BCUT2D eigenvalue weighted by molar-refractivity contribution is 5.87. The number of amides is 1. The summed E-state index contributed by atoms with van der Waals surface area (Å²) in [7, 11) is 1.73. The van der Waals surface area contributed by atoms with Gasteiger partial charge in [0.2, 0.25) is 5.91 Å². The van der Waals surface area contributed by atoms with E-state index in [1.807, 2.05) is 0 Å². The Morgan fingerprint density at radius 1 is 1.27 bits per heavy atom. The molecule has 2 aromatic heterocycles. The number of rotatable bonds is 6. The number of anilines is 1. The van der Waals surface area contributed by atoms with Crippen LogP contribution in [-0.2, 0) is 9.53 Å². The van der Waals surface area contributed by atoms with E-state index in [9.17, 15) is 20.1 Å². The third-order valence-corrected chi connectivity index (χ3v) is 6.10. The number of likely N-dealkylation sites (N-methyl/N-ethyl adjacent to an activating group) is 1. The fraction of sp³-hybridized carbons (Fsp3) is 0.667. The summed E-state index contributed by atoms with van der Waals surface area (Å²) in [6, 6.07) is -0.973. The molecule has 0 spiro atoms. The van der Waals surface area contributed by atoms with Crippen molar-refractivity contribution in [2.45, 2.75) is 61.8 Å². The van der Waals surface area contributed by atoms with E-state index in [0.717, 1.165) is 12.8 Å². The smallest absolute Gasteiger partial charge is 0.240 e. The van der Waals surface area contributed by atoms with Gasteiger partial charge in [-0.05, 0) is 19.9 Å². The van der Waals surface area contributed by atoms with Crippen molar-refractivity contribution in [3.05, 3.63) is 12.7 Å². The minimum absolute atomic E-state index is 0.276. The van der Waals surface area contributed by atoms with Crippen LogP contribution in [0.2, 0.25) is 0 Å². The van der Waals surface area contributed by atoms with E-state index in [2.05, 4.69) is 35.9 Å². The molecule has 1 amide bonds. The molecule has 12 heteroatoms. The molecule has 0 aromatic carbocycles. The van der Waals surface area contributed by atoms with Crippen LogP contribution in [0.4, 0.5) is 5.82 Å². The number of imidazole rings is 1. The van der Waals surface area contributed by atoms with Crippen LogP contribution in [0.25, 0.3) is 11.2 Å². The molecule has 1 aliphatic heterocycles. The average Bonchev–Trinajstić information content (AvgIpc) is 3.43. The molecule has 12 nitrogen and oxygen atoms in total. The summed E-state index contributed by atoms with van der Waals surface area (Å²) in [5, 5.41) is 40.0. The van der Waals surface area contributed by atoms with Gasteiger partial charge in [-0.25, -0.2) is 15.0 Å². The summed E-state index contributed by atoms with van der Waals surface area (Å²) < 4.78 is 5.79. The van der Waals surface area contributed by atoms with Crippen LogP contribution in [0.5, 0.6) is 0 Å². The maximum absolute atomic E-state index is 12.9. The second-order valence-electron chi connectivity index (χ2n) is 7.77. The van der Waals surface area contributed by atoms with Gasteiger partial charge >= 0.3 is 0 Å². The first-order chi connectivity index (χ1) is 14.5. The lowest BCUT2D eigenvalue weighted by Gasteiger charge is -2.43. The first kappa shape index (κ1) is 20.9. The maximum Gasteiger partial charge on any atom is 0.240 e. The Morgan fingerprint density at radius 2 is 2.03 bits per heavy atom. The number of nitrogens with zero attached hydrogens (tertiary/aromatic N) is 3. The van der Waals surface area contributed by atoms with Crippen LogP contribution in [0, 0.1) is 0 Å². The zero-order chi connectivity index (χ0) is 21.3. The van der Waals surface area contributed by atoms with Crippen molar-refractivity contribution in [3.8, 4) is 0 Å². The summed E-state index contributed by atoms with van der Waals surface area (Å²) in [5.74, 6) is 0.0511. The van der Waals surface area contributed by atoms with E-state index in [1.54, 1.807) is 7.05 Å². The van der Waals surface area contributed by atoms with E-state index >= 15 is 0 Å². The summed E-state index contributed by atoms with van der Waals surface area (Å²) in [6.07, 6.45) is 1.23. The fourth-order valence-electron chi connectivity index (χ4n) is 4.29. The van der Waals surface area contributed by atoms with Crippen LogP contribution >= 0.6 is 0 Å². The second-order valence-corrected chi connectivity index (χ2v) is 7.77. The number of fused-ring (bicyclic) bond motifs is 1. The van der Waals surface area contributed by atoms with Crippen LogP contribution in [-0.4, -0.2) is 90.9 Å². The van der Waals surface area contributed by atoms with Gasteiger partial charge in [0.15, 0.2) is 17.7 Å². The van der Waals surface area contributed by atoms with Crippen LogP contribution in [0.15, 0.2) is 12.7 Å². The van der Waals surface area contributed by atoms with Crippen molar-refractivity contribution in [1.82, 2.24) is 30.6 Å². The molecule has 1 saturated heterocycles. The van der Waals surface area contributed by atoms with Gasteiger partial charge in [-0.3, -0.25) is 4.79 Å². The Morgan fingerprint density at radius 3 is 2.73 bits per heavy atom. The summed E-state index contributed by atoms with van der Waals surface area (Å²) in [6.45, 7) is -0.456. The lowest BCUT2D eigenvalue weighted by atomic mass is 9.92. The van der Waals surface area contributed by atoms with Crippen molar-refractivity contribution < 1.29 is 24.9 Å². The maximum atomic E-state index is 12.9. The highest BCUT2D eigenvalue weighted by Crippen LogP contribution is 2.31. The topological polar surface area (TPSA) is 178 Å². The molecule has 2 aromatic rings. The number of aromatic amines is 1. The predicted molar refractivity (Wildman–Crippen MR) is 105 cm³/mol. The third kappa shape index (κ3) is 3.61. The predicted octanol–water partition coefficient (Wildman–Crippen LogP) is -1.78. The number of carbonyl (C=O) groups excluding carboxylic acids is 1. The van der Waals surface area contributed by atoms with E-state index in [1.165, 1.54) is 12.7 Å². The third-order valence-electron chi connectivity index (χ3n) is 6.10. The van der Waals surface area contributed by atoms with Gasteiger partial charge in [0, 0.05) is 0 Å². The number of carbonyl (C=O) groups is 1. The monoisotopic (exact) mass is 421 g/mol. The lowest BCUT2D eigenvalue weighted by molar-refractivity contribution is -0.186. The molecule has 2 aliphatic rings. The van der Waals surface area contributed by atoms with E-state index in [4.69, 9.17) is 4.74 Å². The lowest BCUT2D eigenvalue weighted by Crippen LogP contribution is -2.68. The van der Waals surface area contributed by atoms with E-state index in [-0.39, 0.29) is 5.91 Å². The zero-order valence-electron chi connectivity index (χ0n) is 16.6. The van der Waals surface area contributed by atoms with E-state index < -0.39 is 42.7 Å². The minimum atomic E-state index is -1.39. The molecule has 30 heavy (non-hydrogen) atoms. The number of hydrogen-bond acceptors (Lipinski definition) is 10. The molecule has 1 saturated carbocycles. The van der Waals surface area contributed by atoms with Crippen LogP contribution in [0.3, 0.4) is 0 Å². The van der Waals surface area contributed by atoms with Gasteiger partial charge < -0.3 is 41.0 Å². The minimum Gasteiger partial charge on any atom is -0.394 e. The highest BCUT2D eigenvalue weighted by Gasteiger charge is 2.48. The molecule has 5 atom stereocenters. The van der Waals surface area contributed by atoms with Gasteiger partial charge in [0.05, 0.1) is 24.5 Å². The van der Waals surface area contributed by atoms with Crippen molar-refractivity contribution in [2.24, 2.45) is 0 Å². The fourth-order valence-corrected chi connectivity index (χ4v) is 4.29. The standard InChI is InChI=1S/C18H27N7O5/c1-19-18(4-2-3-5-18)17(29)24-10-9(6-26)30-16(13(28)12(10)27)25-15-11-14(21-7-20-11)22-8-23-15/h7-10,12-13,16,19,26-28H,2-6H2,1H3,(H,24,29)(H2,20,21,22,23,25)/t9-,10-,12+,13-,16-/m0/s1. The van der Waals surface area contributed by atoms with Crippen molar-refractivity contribution in [1.29, 1.82) is 0 Å². The Kier molecular flexibility index (Phi) is 5.84. The molecule has 0 unspecified atom stereocenters. The number of aliphatic hydroxyl groups excluding tert-OH is 3. The summed E-state index contributed by atoms with van der Waals surface area (Å²) >= 11 is 0. The molecular weight excluding hydrogens is 394 g/mol. The molecule has 0 bridgehead atoms. The van der Waals surface area contributed by atoms with Crippen molar-refractivity contribution in [3.63, 3.8) is 0 Å². The Labute approximate surface area is 172 Å². The molecule has 4 rings (SSSR count). The summed E-state index contributed by atoms with van der Waals surface area (Å²) in [5.41, 5.74) is 0.222. The number of nitrogens with one attached hydrogen (secondary N) is 4. The second kappa shape index (κ2) is 8.40. The van der Waals surface area contributed by atoms with Crippen LogP contribution < -0.4 is 16.0 Å². The van der Waals surface area contributed by atoms with E-state index in [0.29, 0.717) is 29.8 Å². The largest absolute Gasteiger partial charge is 0.394 e. The molecule has 7 N–H and O–H groups in total. The number of aliphatic hydroxyl groups is 3. The first-order valence-electron chi connectivity index (χ1n) is 10.0. The Hall–Kier alpha value is -2.38. The SMILES string of the molecule is CNC1(C(=O)N[C@@H]2[C@@H](O)[C@H](O)[C@@H](Nc3ncnc4nc[nH]c34)O[C@H]2CO)CCCC1. The number of aromatic nitrogens is 4. The van der Waals surface area contributed by atoms with Crippen molar-refractivity contribution in [2.75, 3.05) is 19.0 Å². The normalized spacial score (nSPS) is 31.0.